The van der Waals surface area contributed by atoms with Crippen LogP contribution in [0.2, 0.25) is 0 Å². The quantitative estimate of drug-likeness (QED) is 0.659. The molecule has 3 amide bonds. The number of amides is 3. The number of benzene rings is 2. The average molecular weight is 339 g/mol. The number of carbonyl (C=O) groups is 4. The highest BCUT2D eigenvalue weighted by Crippen LogP contribution is 2.16. The van der Waals surface area contributed by atoms with Crippen LogP contribution >= 0.6 is 0 Å². The first kappa shape index (κ1) is 17.9. The fraction of sp³-hybridized carbons (Fsp3) is 0.111. The van der Waals surface area contributed by atoms with Crippen LogP contribution in [0.4, 0.5) is 5.69 Å². The molecule has 7 heteroatoms. The molecule has 0 atom stereocenters. The van der Waals surface area contributed by atoms with Gasteiger partial charge in [0, 0.05) is 35.2 Å². The number of ketones is 1. The van der Waals surface area contributed by atoms with Crippen LogP contribution in [-0.2, 0) is 4.79 Å². The van der Waals surface area contributed by atoms with E-state index >= 15 is 0 Å². The maximum Gasteiger partial charge on any atom is 0.248 e. The minimum atomic E-state index is -0.752. The molecule has 0 saturated heterocycles. The van der Waals surface area contributed by atoms with Crippen molar-refractivity contribution in [2.45, 2.75) is 12.8 Å². The summed E-state index contributed by atoms with van der Waals surface area (Å²) in [4.78, 5) is 46.6. The first-order valence-electron chi connectivity index (χ1n) is 7.49. The number of hydrogen-bond acceptors (Lipinski definition) is 4. The highest BCUT2D eigenvalue weighted by atomic mass is 16.2. The third-order valence-electron chi connectivity index (χ3n) is 3.46. The second-order valence-electron chi connectivity index (χ2n) is 5.36. The minimum absolute atomic E-state index is 0.0357. The van der Waals surface area contributed by atoms with Crippen LogP contribution in [0.15, 0.2) is 48.5 Å². The first-order valence-corrected chi connectivity index (χ1v) is 7.49. The number of Topliss-reactive ketones (excluding diaryl/α,β-unsaturated/α-hetero) is 1. The van der Waals surface area contributed by atoms with E-state index in [2.05, 4.69) is 5.32 Å². The largest absolute Gasteiger partial charge is 0.366 e. The third-order valence-corrected chi connectivity index (χ3v) is 3.46. The monoisotopic (exact) mass is 339 g/mol. The summed E-state index contributed by atoms with van der Waals surface area (Å²) in [6.07, 6.45) is -0.00549. The van der Waals surface area contributed by atoms with Gasteiger partial charge in [0.25, 0.3) is 0 Å². The molecule has 0 unspecified atom stereocenters. The van der Waals surface area contributed by atoms with Crippen molar-refractivity contribution in [3.63, 3.8) is 0 Å². The van der Waals surface area contributed by atoms with Gasteiger partial charge in [-0.3, -0.25) is 19.2 Å². The Hall–Kier alpha value is -3.48. The molecule has 2 rings (SSSR count). The van der Waals surface area contributed by atoms with E-state index in [1.54, 1.807) is 30.3 Å². The van der Waals surface area contributed by atoms with Gasteiger partial charge in [-0.05, 0) is 18.2 Å². The van der Waals surface area contributed by atoms with Gasteiger partial charge in [-0.2, -0.15) is 0 Å². The van der Waals surface area contributed by atoms with Crippen molar-refractivity contribution < 1.29 is 19.2 Å². The lowest BCUT2D eigenvalue weighted by Gasteiger charge is -2.08. The van der Waals surface area contributed by atoms with E-state index in [0.29, 0.717) is 5.56 Å². The molecular weight excluding hydrogens is 322 g/mol. The molecule has 0 aliphatic carbocycles. The molecule has 5 N–H and O–H groups in total. The Kier molecular flexibility index (Phi) is 5.62. The zero-order valence-electron chi connectivity index (χ0n) is 13.3. The van der Waals surface area contributed by atoms with Crippen LogP contribution in [0, 0.1) is 0 Å². The zero-order valence-corrected chi connectivity index (χ0v) is 13.3. The molecule has 0 aromatic heterocycles. The van der Waals surface area contributed by atoms with E-state index in [9.17, 15) is 19.2 Å². The third kappa shape index (κ3) is 5.00. The maximum absolute atomic E-state index is 12.0. The second kappa shape index (κ2) is 7.87. The van der Waals surface area contributed by atoms with Gasteiger partial charge in [0.2, 0.25) is 17.7 Å². The maximum atomic E-state index is 12.0. The number of rotatable bonds is 7. The molecule has 128 valence electrons. The topological polar surface area (TPSA) is 132 Å². The normalized spacial score (nSPS) is 10.1. The molecule has 0 bridgehead atoms. The van der Waals surface area contributed by atoms with E-state index < -0.39 is 17.7 Å². The number of nitrogens with one attached hydrogen (secondary N) is 1. The molecule has 0 radical (unpaired) electrons. The number of nitrogens with two attached hydrogens (primary N) is 2. The average Bonchev–Trinajstić information content (AvgIpc) is 2.60. The summed E-state index contributed by atoms with van der Waals surface area (Å²) in [6.45, 7) is 0. The SMILES string of the molecule is NC(=O)c1cc(NC(=O)CCC(=O)c2ccccc2)cc(C(N)=O)c1. The van der Waals surface area contributed by atoms with Crippen LogP contribution in [0.25, 0.3) is 0 Å². The van der Waals surface area contributed by atoms with Crippen LogP contribution < -0.4 is 16.8 Å². The van der Waals surface area contributed by atoms with Gasteiger partial charge in [0.15, 0.2) is 5.78 Å². The second-order valence-corrected chi connectivity index (χ2v) is 5.36. The van der Waals surface area contributed by atoms with Crippen molar-refractivity contribution in [1.29, 1.82) is 0 Å². The van der Waals surface area contributed by atoms with Crippen molar-refractivity contribution in [3.8, 4) is 0 Å². The predicted octanol–water partition coefficient (Wildman–Crippen LogP) is 1.49. The summed E-state index contributed by atoms with van der Waals surface area (Å²) in [6, 6.07) is 12.6. The van der Waals surface area contributed by atoms with Crippen molar-refractivity contribution in [2.24, 2.45) is 11.5 Å². The Morgan fingerprint density at radius 2 is 1.32 bits per heavy atom. The number of anilines is 1. The Balaban J connectivity index is 2.04. The fourth-order valence-electron chi connectivity index (χ4n) is 2.20. The Bertz CT molecular complexity index is 799. The standard InChI is InChI=1S/C18H17N3O4/c19-17(24)12-8-13(18(20)25)10-14(9-12)21-16(23)7-6-15(22)11-4-2-1-3-5-11/h1-5,8-10H,6-7H2,(H2,19,24)(H2,20,25)(H,21,23). The van der Waals surface area contributed by atoms with Crippen molar-refractivity contribution in [3.05, 3.63) is 65.2 Å². The molecule has 0 heterocycles. The molecule has 0 fully saturated rings. The Morgan fingerprint density at radius 3 is 1.84 bits per heavy atom. The van der Waals surface area contributed by atoms with E-state index in [1.807, 2.05) is 0 Å². The van der Waals surface area contributed by atoms with Gasteiger partial charge in [-0.15, -0.1) is 0 Å². The summed E-state index contributed by atoms with van der Waals surface area (Å²) in [5.74, 6) is -2.09. The predicted molar refractivity (Wildman–Crippen MR) is 92.1 cm³/mol. The molecule has 25 heavy (non-hydrogen) atoms. The summed E-state index contributed by atoms with van der Waals surface area (Å²) in [7, 11) is 0. The highest BCUT2D eigenvalue weighted by Gasteiger charge is 2.12. The van der Waals surface area contributed by atoms with Crippen LogP contribution in [0.3, 0.4) is 0 Å². The van der Waals surface area contributed by atoms with Crippen molar-refractivity contribution in [2.75, 3.05) is 5.32 Å². The molecule has 2 aromatic carbocycles. The van der Waals surface area contributed by atoms with Gasteiger partial charge < -0.3 is 16.8 Å². The number of hydrogen-bond donors (Lipinski definition) is 3. The van der Waals surface area contributed by atoms with E-state index in [-0.39, 0.29) is 35.4 Å². The van der Waals surface area contributed by atoms with E-state index in [1.165, 1.54) is 18.2 Å². The van der Waals surface area contributed by atoms with Crippen LogP contribution in [0.5, 0.6) is 0 Å². The van der Waals surface area contributed by atoms with Gasteiger partial charge in [0.1, 0.15) is 0 Å². The highest BCUT2D eigenvalue weighted by molar-refractivity contribution is 6.03. The van der Waals surface area contributed by atoms with Gasteiger partial charge >= 0.3 is 0 Å². The lowest BCUT2D eigenvalue weighted by Crippen LogP contribution is -2.18. The fourth-order valence-corrected chi connectivity index (χ4v) is 2.20. The van der Waals surface area contributed by atoms with Gasteiger partial charge in [-0.25, -0.2) is 0 Å². The summed E-state index contributed by atoms with van der Waals surface area (Å²) in [5, 5.41) is 2.53. The number of primary amides is 2. The number of carbonyl (C=O) groups excluding carboxylic acids is 4. The minimum Gasteiger partial charge on any atom is -0.366 e. The molecular formula is C18H17N3O4. The lowest BCUT2D eigenvalue weighted by atomic mass is 10.1. The van der Waals surface area contributed by atoms with Gasteiger partial charge in [-0.1, -0.05) is 30.3 Å². The Morgan fingerprint density at radius 1 is 0.760 bits per heavy atom. The Labute approximate surface area is 144 Å². The van der Waals surface area contributed by atoms with Crippen LogP contribution in [0.1, 0.15) is 43.9 Å². The summed E-state index contributed by atoms with van der Waals surface area (Å²) >= 11 is 0. The zero-order chi connectivity index (χ0) is 18.4. The van der Waals surface area contributed by atoms with Crippen molar-refractivity contribution >= 4 is 29.2 Å². The molecule has 0 saturated carbocycles. The molecule has 0 spiro atoms. The smallest absolute Gasteiger partial charge is 0.248 e. The van der Waals surface area contributed by atoms with E-state index in [0.717, 1.165) is 0 Å². The van der Waals surface area contributed by atoms with Gasteiger partial charge in [0.05, 0.1) is 0 Å². The molecule has 2 aromatic rings. The lowest BCUT2D eigenvalue weighted by molar-refractivity contribution is -0.116. The molecule has 0 aliphatic heterocycles. The summed E-state index contributed by atoms with van der Waals surface area (Å²) in [5.41, 5.74) is 11.2. The molecule has 7 nitrogen and oxygen atoms in total. The first-order chi connectivity index (χ1) is 11.9. The van der Waals surface area contributed by atoms with Crippen LogP contribution in [-0.4, -0.2) is 23.5 Å². The molecule has 0 aliphatic rings. The van der Waals surface area contributed by atoms with Crippen molar-refractivity contribution in [1.82, 2.24) is 0 Å². The van der Waals surface area contributed by atoms with E-state index in [4.69, 9.17) is 11.5 Å². The summed E-state index contributed by atoms with van der Waals surface area (Å²) < 4.78 is 0.